The lowest BCUT2D eigenvalue weighted by molar-refractivity contribution is 0.0525. The Hall–Kier alpha value is -0.980. The number of carbonyl (C=O) groups is 1. The fourth-order valence-electron chi connectivity index (χ4n) is 2.61. The predicted molar refractivity (Wildman–Crippen MR) is 80.0 cm³/mol. The van der Waals surface area contributed by atoms with Crippen molar-refractivity contribution in [2.75, 3.05) is 26.7 Å². The van der Waals surface area contributed by atoms with Gasteiger partial charge in [0.25, 0.3) is 0 Å². The Kier molecular flexibility index (Phi) is 5.94. The van der Waals surface area contributed by atoms with Gasteiger partial charge in [-0.25, -0.2) is 9.78 Å². The zero-order valence-corrected chi connectivity index (χ0v) is 13.0. The van der Waals surface area contributed by atoms with Crippen molar-refractivity contribution in [3.05, 3.63) is 16.1 Å². The van der Waals surface area contributed by atoms with Crippen molar-refractivity contribution in [1.29, 1.82) is 0 Å². The zero-order chi connectivity index (χ0) is 14.4. The Morgan fingerprint density at radius 1 is 1.60 bits per heavy atom. The number of hydrogen-bond acceptors (Lipinski definition) is 6. The van der Waals surface area contributed by atoms with E-state index in [1.807, 2.05) is 19.4 Å². The van der Waals surface area contributed by atoms with Crippen LogP contribution in [0.3, 0.4) is 0 Å². The van der Waals surface area contributed by atoms with Crippen LogP contribution in [0.1, 0.15) is 41.7 Å². The van der Waals surface area contributed by atoms with E-state index in [1.165, 1.54) is 30.6 Å². The standard InChI is InChI=1S/C14H23N3O2S/c1-3-19-14(18)13-16-11(10-20-13)9-17-7-5-4-6-12(17)8-15-2/h10,12,15H,3-9H2,1-2H3. The van der Waals surface area contributed by atoms with Crippen LogP contribution in [0, 0.1) is 0 Å². The maximum absolute atomic E-state index is 11.6. The normalized spacial score (nSPS) is 20.0. The van der Waals surface area contributed by atoms with Crippen LogP contribution in [0.4, 0.5) is 0 Å². The summed E-state index contributed by atoms with van der Waals surface area (Å²) in [5.74, 6) is -0.311. The second-order valence-corrected chi connectivity index (χ2v) is 5.90. The number of rotatable bonds is 6. The van der Waals surface area contributed by atoms with E-state index in [0.29, 0.717) is 17.7 Å². The zero-order valence-electron chi connectivity index (χ0n) is 12.2. The van der Waals surface area contributed by atoms with E-state index in [1.54, 1.807) is 0 Å². The lowest BCUT2D eigenvalue weighted by Gasteiger charge is -2.35. The first-order chi connectivity index (χ1) is 9.74. The summed E-state index contributed by atoms with van der Waals surface area (Å²) in [6.45, 7) is 5.14. The predicted octanol–water partition coefficient (Wildman–Crippen LogP) is 1.89. The van der Waals surface area contributed by atoms with Gasteiger partial charge in [-0.15, -0.1) is 11.3 Å². The average molecular weight is 297 g/mol. The molecule has 1 atom stereocenters. The molecule has 2 rings (SSSR count). The number of aromatic nitrogens is 1. The molecular weight excluding hydrogens is 274 g/mol. The highest BCUT2D eigenvalue weighted by Gasteiger charge is 2.23. The molecule has 1 aliphatic rings. The molecule has 20 heavy (non-hydrogen) atoms. The second kappa shape index (κ2) is 7.71. The highest BCUT2D eigenvalue weighted by molar-refractivity contribution is 7.11. The fraction of sp³-hybridized carbons (Fsp3) is 0.714. The SMILES string of the molecule is CCOC(=O)c1nc(CN2CCCCC2CNC)cs1. The summed E-state index contributed by atoms with van der Waals surface area (Å²) in [4.78, 5) is 18.5. The van der Waals surface area contributed by atoms with Gasteiger partial charge in [0, 0.05) is 24.5 Å². The highest BCUT2D eigenvalue weighted by atomic mass is 32.1. The molecule has 0 aromatic carbocycles. The molecule has 0 radical (unpaired) electrons. The van der Waals surface area contributed by atoms with Crippen molar-refractivity contribution < 1.29 is 9.53 Å². The Labute approximate surface area is 124 Å². The molecule has 1 aliphatic heterocycles. The highest BCUT2D eigenvalue weighted by Crippen LogP contribution is 2.20. The van der Waals surface area contributed by atoms with Gasteiger partial charge < -0.3 is 10.1 Å². The van der Waals surface area contributed by atoms with Crippen LogP contribution in [-0.4, -0.2) is 48.6 Å². The van der Waals surface area contributed by atoms with Crippen LogP contribution in [0.25, 0.3) is 0 Å². The van der Waals surface area contributed by atoms with Gasteiger partial charge in [-0.1, -0.05) is 6.42 Å². The summed E-state index contributed by atoms with van der Waals surface area (Å²) in [6, 6.07) is 0.571. The topological polar surface area (TPSA) is 54.5 Å². The molecule has 0 spiro atoms. The van der Waals surface area contributed by atoms with Gasteiger partial charge in [-0.2, -0.15) is 0 Å². The summed E-state index contributed by atoms with van der Waals surface area (Å²) in [7, 11) is 1.99. The van der Waals surface area contributed by atoms with Crippen LogP contribution in [-0.2, 0) is 11.3 Å². The number of thiazole rings is 1. The number of piperidine rings is 1. The largest absolute Gasteiger partial charge is 0.461 e. The number of nitrogens with zero attached hydrogens (tertiary/aromatic N) is 2. The minimum atomic E-state index is -0.311. The van der Waals surface area contributed by atoms with Crippen molar-refractivity contribution in [1.82, 2.24) is 15.2 Å². The molecule has 1 aromatic rings. The van der Waals surface area contributed by atoms with Crippen LogP contribution < -0.4 is 5.32 Å². The van der Waals surface area contributed by atoms with Crippen LogP contribution >= 0.6 is 11.3 Å². The molecule has 1 aromatic heterocycles. The molecule has 0 aliphatic carbocycles. The first-order valence-corrected chi connectivity index (χ1v) is 8.12. The van der Waals surface area contributed by atoms with Gasteiger partial charge >= 0.3 is 5.97 Å². The maximum atomic E-state index is 11.6. The minimum Gasteiger partial charge on any atom is -0.461 e. The molecule has 0 bridgehead atoms. The molecular formula is C14H23N3O2S. The molecule has 5 nitrogen and oxygen atoms in total. The lowest BCUT2D eigenvalue weighted by atomic mass is 10.0. The fourth-order valence-corrected chi connectivity index (χ4v) is 3.31. The number of carbonyl (C=O) groups excluding carboxylic acids is 1. The Morgan fingerprint density at radius 2 is 2.45 bits per heavy atom. The number of likely N-dealkylation sites (N-methyl/N-ethyl adjacent to an activating group) is 1. The van der Waals surface area contributed by atoms with E-state index in [9.17, 15) is 4.79 Å². The van der Waals surface area contributed by atoms with Crippen LogP contribution in [0.15, 0.2) is 5.38 Å². The van der Waals surface area contributed by atoms with Crippen molar-refractivity contribution in [2.24, 2.45) is 0 Å². The number of esters is 1. The molecule has 1 saturated heterocycles. The van der Waals surface area contributed by atoms with Gasteiger partial charge in [0.1, 0.15) is 0 Å². The Morgan fingerprint density at radius 3 is 3.20 bits per heavy atom. The first kappa shape index (κ1) is 15.4. The third-order valence-electron chi connectivity index (χ3n) is 3.56. The summed E-state index contributed by atoms with van der Waals surface area (Å²) >= 11 is 1.37. The molecule has 1 unspecified atom stereocenters. The molecule has 0 amide bonds. The number of likely N-dealkylation sites (tertiary alicyclic amines) is 1. The number of nitrogens with one attached hydrogen (secondary N) is 1. The lowest BCUT2D eigenvalue weighted by Crippen LogP contribution is -2.44. The van der Waals surface area contributed by atoms with Gasteiger partial charge in [0.05, 0.1) is 12.3 Å². The van der Waals surface area contributed by atoms with Crippen LogP contribution in [0.5, 0.6) is 0 Å². The molecule has 112 valence electrons. The third kappa shape index (κ3) is 4.01. The van der Waals surface area contributed by atoms with E-state index in [4.69, 9.17) is 4.74 Å². The second-order valence-electron chi connectivity index (χ2n) is 5.04. The number of hydrogen-bond donors (Lipinski definition) is 1. The third-order valence-corrected chi connectivity index (χ3v) is 4.43. The minimum absolute atomic E-state index is 0.311. The average Bonchev–Trinajstić information content (AvgIpc) is 2.90. The van der Waals surface area contributed by atoms with Crippen molar-refractivity contribution in [2.45, 2.75) is 38.8 Å². The molecule has 2 heterocycles. The van der Waals surface area contributed by atoms with E-state index in [0.717, 1.165) is 25.3 Å². The molecule has 1 N–H and O–H groups in total. The van der Waals surface area contributed by atoms with Crippen LogP contribution in [0.2, 0.25) is 0 Å². The van der Waals surface area contributed by atoms with E-state index in [2.05, 4.69) is 15.2 Å². The summed E-state index contributed by atoms with van der Waals surface area (Å²) in [5, 5.41) is 5.69. The van der Waals surface area contributed by atoms with Gasteiger partial charge in [0.15, 0.2) is 0 Å². The van der Waals surface area contributed by atoms with Crippen molar-refractivity contribution in [3.8, 4) is 0 Å². The molecule has 1 fully saturated rings. The van der Waals surface area contributed by atoms with E-state index < -0.39 is 0 Å². The van der Waals surface area contributed by atoms with Gasteiger partial charge in [-0.3, -0.25) is 4.90 Å². The van der Waals surface area contributed by atoms with Gasteiger partial charge in [0.2, 0.25) is 5.01 Å². The Bertz CT molecular complexity index is 434. The van der Waals surface area contributed by atoms with Crippen molar-refractivity contribution in [3.63, 3.8) is 0 Å². The Balaban J connectivity index is 1.96. The molecule has 6 heteroatoms. The van der Waals surface area contributed by atoms with Crippen molar-refractivity contribution >= 4 is 17.3 Å². The maximum Gasteiger partial charge on any atom is 0.367 e. The van der Waals surface area contributed by atoms with E-state index >= 15 is 0 Å². The summed E-state index contributed by atoms with van der Waals surface area (Å²) in [6.07, 6.45) is 3.78. The quantitative estimate of drug-likeness (QED) is 0.813. The number of ether oxygens (including phenoxy) is 1. The van der Waals surface area contributed by atoms with E-state index in [-0.39, 0.29) is 5.97 Å². The molecule has 0 saturated carbocycles. The summed E-state index contributed by atoms with van der Waals surface area (Å²) in [5.41, 5.74) is 0.973. The monoisotopic (exact) mass is 297 g/mol. The first-order valence-electron chi connectivity index (χ1n) is 7.24. The summed E-state index contributed by atoms with van der Waals surface area (Å²) < 4.78 is 4.98. The van der Waals surface area contributed by atoms with Gasteiger partial charge in [-0.05, 0) is 33.4 Å². The smallest absolute Gasteiger partial charge is 0.367 e.